The van der Waals surface area contributed by atoms with E-state index in [1.54, 1.807) is 0 Å². The number of nitrogens with one attached hydrogen (secondary N) is 2. The average molecular weight is 200 g/mol. The fourth-order valence-electron chi connectivity index (χ4n) is 2.11. The van der Waals surface area contributed by atoms with Crippen LogP contribution in [0.3, 0.4) is 0 Å². The molecule has 78 valence electrons. The monoisotopic (exact) mass is 200 g/mol. The minimum absolute atomic E-state index is 0.595. The fourth-order valence-corrected chi connectivity index (χ4v) is 2.11. The van der Waals surface area contributed by atoms with Crippen molar-refractivity contribution in [1.29, 1.82) is 0 Å². The van der Waals surface area contributed by atoms with Gasteiger partial charge in [0.25, 0.3) is 0 Å². The summed E-state index contributed by atoms with van der Waals surface area (Å²) in [5.41, 5.74) is 1.21. The van der Waals surface area contributed by atoms with Crippen LogP contribution in [0.5, 0.6) is 0 Å². The fraction of sp³-hybridized carbons (Fsp3) is 0.385. The molecule has 0 bridgehead atoms. The van der Waals surface area contributed by atoms with E-state index in [4.69, 9.17) is 0 Å². The van der Waals surface area contributed by atoms with Crippen molar-refractivity contribution in [2.75, 3.05) is 5.32 Å². The highest BCUT2D eigenvalue weighted by Gasteiger charge is 2.27. The number of hydrogen-bond acceptors (Lipinski definition) is 1. The normalized spacial score (nSPS) is 17.9. The quantitative estimate of drug-likeness (QED) is 0.781. The van der Waals surface area contributed by atoms with E-state index < -0.39 is 0 Å². The van der Waals surface area contributed by atoms with Crippen LogP contribution >= 0.6 is 0 Å². The van der Waals surface area contributed by atoms with E-state index in [0.29, 0.717) is 6.04 Å². The highest BCUT2D eigenvalue weighted by molar-refractivity contribution is 5.83. The average Bonchev–Trinajstić information content (AvgIpc) is 2.99. The third-order valence-electron chi connectivity index (χ3n) is 3.24. The van der Waals surface area contributed by atoms with Crippen LogP contribution in [-0.2, 0) is 0 Å². The molecule has 1 aromatic heterocycles. The van der Waals surface area contributed by atoms with Crippen LogP contribution in [0.2, 0.25) is 0 Å². The molecule has 2 nitrogen and oxygen atoms in total. The van der Waals surface area contributed by atoms with Gasteiger partial charge in [-0.15, -0.1) is 0 Å². The van der Waals surface area contributed by atoms with Crippen LogP contribution in [0, 0.1) is 5.92 Å². The highest BCUT2D eigenvalue weighted by Crippen LogP contribution is 2.34. The molecule has 0 radical (unpaired) electrons. The topological polar surface area (TPSA) is 27.8 Å². The number of rotatable bonds is 3. The Hall–Kier alpha value is -1.44. The molecule has 1 saturated carbocycles. The molecular formula is C13H16N2. The number of para-hydroxylation sites is 1. The van der Waals surface area contributed by atoms with Gasteiger partial charge >= 0.3 is 0 Å². The molecule has 2 N–H and O–H groups in total. The second-order valence-electron chi connectivity index (χ2n) is 4.54. The van der Waals surface area contributed by atoms with E-state index in [1.165, 1.54) is 23.7 Å². The third-order valence-corrected chi connectivity index (χ3v) is 3.24. The number of benzene rings is 1. The summed E-state index contributed by atoms with van der Waals surface area (Å²) >= 11 is 0. The first-order chi connectivity index (χ1) is 7.33. The summed E-state index contributed by atoms with van der Waals surface area (Å²) in [5, 5.41) is 4.82. The molecule has 0 spiro atoms. The zero-order chi connectivity index (χ0) is 10.3. The van der Waals surface area contributed by atoms with E-state index in [-0.39, 0.29) is 0 Å². The van der Waals surface area contributed by atoms with Crippen molar-refractivity contribution in [3.8, 4) is 0 Å². The Morgan fingerprint density at radius 1 is 1.33 bits per heavy atom. The minimum atomic E-state index is 0.595. The number of fused-ring (bicyclic) bond motifs is 1. The van der Waals surface area contributed by atoms with Gasteiger partial charge in [-0.1, -0.05) is 18.2 Å². The maximum absolute atomic E-state index is 3.54. The lowest BCUT2D eigenvalue weighted by atomic mass is 10.2. The van der Waals surface area contributed by atoms with Crippen LogP contribution < -0.4 is 5.32 Å². The van der Waals surface area contributed by atoms with Gasteiger partial charge in [0, 0.05) is 16.9 Å². The number of aromatic nitrogens is 1. The highest BCUT2D eigenvalue weighted by atomic mass is 15.0. The van der Waals surface area contributed by atoms with Crippen molar-refractivity contribution in [3.05, 3.63) is 30.3 Å². The molecule has 2 aromatic rings. The molecule has 0 aliphatic heterocycles. The zero-order valence-corrected chi connectivity index (χ0v) is 8.96. The Morgan fingerprint density at radius 2 is 2.13 bits per heavy atom. The number of aromatic amines is 1. The lowest BCUT2D eigenvalue weighted by molar-refractivity contribution is 0.692. The predicted molar refractivity (Wildman–Crippen MR) is 64.1 cm³/mol. The van der Waals surface area contributed by atoms with Gasteiger partial charge in [0.1, 0.15) is 5.82 Å². The summed E-state index contributed by atoms with van der Waals surface area (Å²) < 4.78 is 0. The molecule has 1 unspecified atom stereocenters. The minimum Gasteiger partial charge on any atom is -0.369 e. The molecule has 1 aromatic carbocycles. The van der Waals surface area contributed by atoms with Crippen molar-refractivity contribution >= 4 is 16.7 Å². The van der Waals surface area contributed by atoms with Gasteiger partial charge in [0.2, 0.25) is 0 Å². The third kappa shape index (κ3) is 1.72. The number of anilines is 1. The Labute approximate surface area is 89.7 Å². The smallest absolute Gasteiger partial charge is 0.104 e. The molecule has 3 rings (SSSR count). The van der Waals surface area contributed by atoms with Crippen LogP contribution in [0.1, 0.15) is 19.8 Å². The molecule has 1 aliphatic rings. The molecule has 0 saturated heterocycles. The molecule has 1 atom stereocenters. The van der Waals surface area contributed by atoms with E-state index in [9.17, 15) is 0 Å². The number of hydrogen-bond donors (Lipinski definition) is 2. The summed E-state index contributed by atoms with van der Waals surface area (Å²) in [6, 6.07) is 11.2. The SMILES string of the molecule is CC(Nc1cc2ccccc2[nH]1)C1CC1. The molecule has 1 fully saturated rings. The van der Waals surface area contributed by atoms with E-state index in [2.05, 4.69) is 47.6 Å². The van der Waals surface area contributed by atoms with Crippen LogP contribution in [-0.4, -0.2) is 11.0 Å². The Kier molecular flexibility index (Phi) is 1.94. The first kappa shape index (κ1) is 8.84. The van der Waals surface area contributed by atoms with Gasteiger partial charge in [-0.2, -0.15) is 0 Å². The molecule has 1 heterocycles. The van der Waals surface area contributed by atoms with Crippen molar-refractivity contribution < 1.29 is 0 Å². The van der Waals surface area contributed by atoms with Gasteiger partial charge < -0.3 is 10.3 Å². The maximum atomic E-state index is 3.54. The van der Waals surface area contributed by atoms with Crippen molar-refractivity contribution in [3.63, 3.8) is 0 Å². The van der Waals surface area contributed by atoms with Crippen molar-refractivity contribution in [1.82, 2.24) is 4.98 Å². The van der Waals surface area contributed by atoms with Gasteiger partial charge in [-0.3, -0.25) is 0 Å². The Morgan fingerprint density at radius 3 is 2.87 bits per heavy atom. The largest absolute Gasteiger partial charge is 0.369 e. The lowest BCUT2D eigenvalue weighted by Crippen LogP contribution is -2.17. The van der Waals surface area contributed by atoms with Crippen LogP contribution in [0.4, 0.5) is 5.82 Å². The number of H-pyrrole nitrogens is 1. The van der Waals surface area contributed by atoms with E-state index in [0.717, 1.165) is 11.7 Å². The van der Waals surface area contributed by atoms with Crippen LogP contribution in [0.25, 0.3) is 10.9 Å². The molecular weight excluding hydrogens is 184 g/mol. The summed E-state index contributed by atoms with van der Waals surface area (Å²) in [7, 11) is 0. The maximum Gasteiger partial charge on any atom is 0.104 e. The summed E-state index contributed by atoms with van der Waals surface area (Å²) in [6.07, 6.45) is 2.77. The molecule has 2 heteroatoms. The van der Waals surface area contributed by atoms with Crippen molar-refractivity contribution in [2.24, 2.45) is 5.92 Å². The summed E-state index contributed by atoms with van der Waals surface area (Å²) in [5.74, 6) is 2.03. The first-order valence-corrected chi connectivity index (χ1v) is 5.67. The van der Waals surface area contributed by atoms with Gasteiger partial charge in [0.15, 0.2) is 0 Å². The van der Waals surface area contributed by atoms with E-state index >= 15 is 0 Å². The molecule has 0 amide bonds. The molecule has 1 aliphatic carbocycles. The molecule has 15 heavy (non-hydrogen) atoms. The lowest BCUT2D eigenvalue weighted by Gasteiger charge is -2.11. The first-order valence-electron chi connectivity index (χ1n) is 5.67. The van der Waals surface area contributed by atoms with Gasteiger partial charge in [-0.05, 0) is 37.8 Å². The summed E-state index contributed by atoms with van der Waals surface area (Å²) in [4.78, 5) is 3.40. The second-order valence-corrected chi connectivity index (χ2v) is 4.54. The predicted octanol–water partition coefficient (Wildman–Crippen LogP) is 3.38. The van der Waals surface area contributed by atoms with Gasteiger partial charge in [0.05, 0.1) is 0 Å². The van der Waals surface area contributed by atoms with E-state index in [1.807, 2.05) is 0 Å². The van der Waals surface area contributed by atoms with Gasteiger partial charge in [-0.25, -0.2) is 0 Å². The zero-order valence-electron chi connectivity index (χ0n) is 8.96. The second kappa shape index (κ2) is 3.30. The van der Waals surface area contributed by atoms with Crippen molar-refractivity contribution in [2.45, 2.75) is 25.8 Å². The standard InChI is InChI=1S/C13H16N2/c1-9(10-6-7-10)14-13-8-11-4-2-3-5-12(11)15-13/h2-5,8-10,14-15H,6-7H2,1H3. The Bertz CT molecular complexity index is 435. The Balaban J connectivity index is 1.84. The summed E-state index contributed by atoms with van der Waals surface area (Å²) in [6.45, 7) is 2.27. The van der Waals surface area contributed by atoms with Crippen LogP contribution in [0.15, 0.2) is 30.3 Å².